The number of amides is 1. The molecule has 1 amide bonds. The second kappa shape index (κ2) is 8.84. The lowest BCUT2D eigenvalue weighted by Gasteiger charge is -2.08. The maximum atomic E-state index is 11.4. The first-order valence-corrected chi connectivity index (χ1v) is 5.36. The molecule has 3 N–H and O–H groups in total. The van der Waals surface area contributed by atoms with Gasteiger partial charge in [-0.15, -0.1) is 12.4 Å². The van der Waals surface area contributed by atoms with E-state index in [1.54, 1.807) is 7.11 Å². The molecule has 0 aliphatic rings. The highest BCUT2D eigenvalue weighted by Crippen LogP contribution is 2.18. The van der Waals surface area contributed by atoms with Crippen LogP contribution in [0, 0.1) is 0 Å². The van der Waals surface area contributed by atoms with Gasteiger partial charge in [0.25, 0.3) is 0 Å². The Bertz CT molecular complexity index is 345. The molecule has 0 aromatic heterocycles. The largest absolute Gasteiger partial charge is 0.496 e. The van der Waals surface area contributed by atoms with Crippen molar-refractivity contribution in [3.8, 4) is 5.75 Å². The molecule has 0 fully saturated rings. The molecule has 96 valence electrons. The molecule has 1 aromatic rings. The molecule has 0 bridgehead atoms. The van der Waals surface area contributed by atoms with Crippen LogP contribution in [0.25, 0.3) is 0 Å². The van der Waals surface area contributed by atoms with Gasteiger partial charge in [-0.2, -0.15) is 0 Å². The van der Waals surface area contributed by atoms with Crippen molar-refractivity contribution in [3.63, 3.8) is 0 Å². The van der Waals surface area contributed by atoms with E-state index in [1.807, 2.05) is 24.3 Å². The number of nitrogens with one attached hydrogen (secondary N) is 1. The first-order valence-electron chi connectivity index (χ1n) is 5.36. The normalized spacial score (nSPS) is 9.29. The summed E-state index contributed by atoms with van der Waals surface area (Å²) in [6, 6.07) is 7.72. The second-order valence-electron chi connectivity index (χ2n) is 3.45. The maximum absolute atomic E-state index is 11.4. The van der Waals surface area contributed by atoms with Crippen molar-refractivity contribution in [2.45, 2.75) is 12.8 Å². The quantitative estimate of drug-likeness (QED) is 0.804. The minimum atomic E-state index is 0. The van der Waals surface area contributed by atoms with Crippen LogP contribution in [-0.4, -0.2) is 26.1 Å². The topological polar surface area (TPSA) is 64.3 Å². The fraction of sp³-hybridized carbons (Fsp3) is 0.417. The fourth-order valence-electron chi connectivity index (χ4n) is 1.46. The molecule has 5 heteroatoms. The van der Waals surface area contributed by atoms with Crippen LogP contribution in [0.4, 0.5) is 0 Å². The lowest BCUT2D eigenvalue weighted by Crippen LogP contribution is -2.29. The summed E-state index contributed by atoms with van der Waals surface area (Å²) >= 11 is 0. The van der Waals surface area contributed by atoms with Gasteiger partial charge < -0.3 is 15.8 Å². The van der Waals surface area contributed by atoms with E-state index < -0.39 is 0 Å². The van der Waals surface area contributed by atoms with Gasteiger partial charge in [0.15, 0.2) is 0 Å². The van der Waals surface area contributed by atoms with Crippen LogP contribution in [-0.2, 0) is 11.2 Å². The standard InChI is InChI=1S/C12H18N2O2.ClH/c1-16-11-5-3-2-4-10(11)6-7-12(15)14-9-8-13;/h2-5H,6-9,13H2,1H3,(H,14,15);1H. The summed E-state index contributed by atoms with van der Waals surface area (Å²) in [5, 5.41) is 2.74. The Morgan fingerprint density at radius 1 is 1.41 bits per heavy atom. The number of benzene rings is 1. The minimum Gasteiger partial charge on any atom is -0.496 e. The molecule has 1 aromatic carbocycles. The van der Waals surface area contributed by atoms with E-state index in [9.17, 15) is 4.79 Å². The highest BCUT2D eigenvalue weighted by Gasteiger charge is 2.05. The zero-order valence-electron chi connectivity index (χ0n) is 9.94. The Morgan fingerprint density at radius 3 is 2.76 bits per heavy atom. The number of halogens is 1. The van der Waals surface area contributed by atoms with E-state index in [2.05, 4.69) is 5.32 Å². The Balaban J connectivity index is 0.00000256. The molecule has 0 aliphatic heterocycles. The molecule has 0 radical (unpaired) electrons. The van der Waals surface area contributed by atoms with Crippen LogP contribution in [0.15, 0.2) is 24.3 Å². The highest BCUT2D eigenvalue weighted by molar-refractivity contribution is 5.85. The molecule has 0 spiro atoms. The average molecular weight is 259 g/mol. The van der Waals surface area contributed by atoms with Crippen LogP contribution in [0.3, 0.4) is 0 Å². The maximum Gasteiger partial charge on any atom is 0.220 e. The lowest BCUT2D eigenvalue weighted by molar-refractivity contribution is -0.120. The lowest BCUT2D eigenvalue weighted by atomic mass is 10.1. The summed E-state index contributed by atoms with van der Waals surface area (Å²) in [5.41, 5.74) is 6.34. The number of para-hydroxylation sites is 1. The van der Waals surface area contributed by atoms with E-state index in [0.717, 1.165) is 11.3 Å². The molecule has 1 rings (SSSR count). The van der Waals surface area contributed by atoms with E-state index in [-0.39, 0.29) is 18.3 Å². The van der Waals surface area contributed by atoms with Gasteiger partial charge in [0.1, 0.15) is 5.75 Å². The molecule has 0 saturated heterocycles. The minimum absolute atomic E-state index is 0. The van der Waals surface area contributed by atoms with Gasteiger partial charge in [-0.05, 0) is 18.1 Å². The van der Waals surface area contributed by atoms with Gasteiger partial charge in [0, 0.05) is 19.5 Å². The number of aryl methyl sites for hydroxylation is 1. The fourth-order valence-corrected chi connectivity index (χ4v) is 1.46. The molecule has 0 atom stereocenters. The molecule has 4 nitrogen and oxygen atoms in total. The number of hydrogen-bond acceptors (Lipinski definition) is 3. The monoisotopic (exact) mass is 258 g/mol. The molecule has 0 heterocycles. The summed E-state index contributed by atoms with van der Waals surface area (Å²) in [6.45, 7) is 1.01. The molecule has 0 aliphatic carbocycles. The zero-order valence-corrected chi connectivity index (χ0v) is 10.8. The van der Waals surface area contributed by atoms with E-state index >= 15 is 0 Å². The predicted octanol–water partition coefficient (Wildman–Crippen LogP) is 1.12. The van der Waals surface area contributed by atoms with Gasteiger partial charge in [0.05, 0.1) is 7.11 Å². The summed E-state index contributed by atoms with van der Waals surface area (Å²) in [7, 11) is 1.63. The SMILES string of the molecule is COc1ccccc1CCC(=O)NCCN.Cl. The predicted molar refractivity (Wildman–Crippen MR) is 70.6 cm³/mol. The zero-order chi connectivity index (χ0) is 11.8. The van der Waals surface area contributed by atoms with Crippen molar-refractivity contribution in [3.05, 3.63) is 29.8 Å². The van der Waals surface area contributed by atoms with Crippen molar-refractivity contribution >= 4 is 18.3 Å². The van der Waals surface area contributed by atoms with Crippen LogP contribution in [0.5, 0.6) is 5.75 Å². The van der Waals surface area contributed by atoms with Crippen LogP contribution >= 0.6 is 12.4 Å². The number of nitrogens with two attached hydrogens (primary N) is 1. The van der Waals surface area contributed by atoms with Gasteiger partial charge >= 0.3 is 0 Å². The first-order chi connectivity index (χ1) is 7.77. The Labute approximate surface area is 108 Å². The average Bonchev–Trinajstić information content (AvgIpc) is 2.34. The second-order valence-corrected chi connectivity index (χ2v) is 3.45. The van der Waals surface area contributed by atoms with Gasteiger partial charge in [-0.1, -0.05) is 18.2 Å². The van der Waals surface area contributed by atoms with Gasteiger partial charge in [-0.3, -0.25) is 4.79 Å². The number of rotatable bonds is 6. The van der Waals surface area contributed by atoms with Gasteiger partial charge in [0.2, 0.25) is 5.91 Å². The van der Waals surface area contributed by atoms with E-state index in [0.29, 0.717) is 25.9 Å². The summed E-state index contributed by atoms with van der Waals surface area (Å²) in [4.78, 5) is 11.4. The highest BCUT2D eigenvalue weighted by atomic mass is 35.5. The third kappa shape index (κ3) is 5.56. The van der Waals surface area contributed by atoms with E-state index in [1.165, 1.54) is 0 Å². The Kier molecular flexibility index (Phi) is 8.19. The van der Waals surface area contributed by atoms with Crippen molar-refractivity contribution in [1.82, 2.24) is 5.32 Å². The summed E-state index contributed by atoms with van der Waals surface area (Å²) in [6.07, 6.45) is 1.14. The van der Waals surface area contributed by atoms with Gasteiger partial charge in [-0.25, -0.2) is 0 Å². The van der Waals surface area contributed by atoms with Crippen molar-refractivity contribution < 1.29 is 9.53 Å². The smallest absolute Gasteiger partial charge is 0.220 e. The first kappa shape index (κ1) is 15.7. The number of carbonyl (C=O) groups is 1. The van der Waals surface area contributed by atoms with Crippen LogP contribution in [0.1, 0.15) is 12.0 Å². The van der Waals surface area contributed by atoms with Crippen LogP contribution < -0.4 is 15.8 Å². The number of ether oxygens (including phenoxy) is 1. The number of carbonyl (C=O) groups excluding carboxylic acids is 1. The Hall–Kier alpha value is -1.26. The van der Waals surface area contributed by atoms with Crippen molar-refractivity contribution in [2.75, 3.05) is 20.2 Å². The number of hydrogen-bond donors (Lipinski definition) is 2. The molecule has 0 saturated carbocycles. The third-order valence-corrected chi connectivity index (χ3v) is 2.28. The Morgan fingerprint density at radius 2 is 2.12 bits per heavy atom. The van der Waals surface area contributed by atoms with E-state index in [4.69, 9.17) is 10.5 Å². The molecule has 0 unspecified atom stereocenters. The van der Waals surface area contributed by atoms with Crippen molar-refractivity contribution in [1.29, 1.82) is 0 Å². The van der Waals surface area contributed by atoms with Crippen LogP contribution in [0.2, 0.25) is 0 Å². The molecule has 17 heavy (non-hydrogen) atoms. The summed E-state index contributed by atoms with van der Waals surface area (Å²) in [5.74, 6) is 0.852. The summed E-state index contributed by atoms with van der Waals surface area (Å²) < 4.78 is 5.21. The van der Waals surface area contributed by atoms with Crippen molar-refractivity contribution in [2.24, 2.45) is 5.73 Å². The number of methoxy groups -OCH3 is 1. The molecular weight excluding hydrogens is 240 g/mol. The molecular formula is C12H19ClN2O2. The third-order valence-electron chi connectivity index (χ3n) is 2.28.